The Balaban J connectivity index is 1.72. The Morgan fingerprint density at radius 1 is 1.17 bits per heavy atom. The molecular weight excluding hydrogens is 296 g/mol. The Labute approximate surface area is 145 Å². The van der Waals surface area contributed by atoms with E-state index >= 15 is 0 Å². The maximum absolute atomic E-state index is 5.54. The van der Waals surface area contributed by atoms with Gasteiger partial charge < -0.3 is 15.4 Å². The summed E-state index contributed by atoms with van der Waals surface area (Å²) >= 11 is 0. The molecule has 0 aliphatic carbocycles. The van der Waals surface area contributed by atoms with Crippen LogP contribution in [0.3, 0.4) is 0 Å². The van der Waals surface area contributed by atoms with Gasteiger partial charge in [-0.15, -0.1) is 0 Å². The van der Waals surface area contributed by atoms with Crippen molar-refractivity contribution in [1.82, 2.24) is 10.6 Å². The van der Waals surface area contributed by atoms with Crippen molar-refractivity contribution in [1.29, 1.82) is 0 Å². The number of benzene rings is 2. The van der Waals surface area contributed by atoms with Gasteiger partial charge in [-0.05, 0) is 43.0 Å². The van der Waals surface area contributed by atoms with Gasteiger partial charge in [0.25, 0.3) is 0 Å². The van der Waals surface area contributed by atoms with Crippen LogP contribution in [0.15, 0.2) is 48.5 Å². The summed E-state index contributed by atoms with van der Waals surface area (Å²) in [6.07, 6.45) is 3.46. The number of hydrogen-bond donors (Lipinski definition) is 2. The molecule has 1 fully saturated rings. The van der Waals surface area contributed by atoms with Gasteiger partial charge in [0.05, 0.1) is 7.11 Å². The second-order valence-corrected chi connectivity index (χ2v) is 6.47. The van der Waals surface area contributed by atoms with Crippen LogP contribution >= 0.6 is 0 Å². The first-order valence-corrected chi connectivity index (χ1v) is 8.99. The lowest BCUT2D eigenvalue weighted by Crippen LogP contribution is -2.45. The average molecular weight is 324 g/mol. The van der Waals surface area contributed by atoms with Crippen LogP contribution in [-0.4, -0.2) is 19.7 Å². The number of rotatable bonds is 6. The van der Waals surface area contributed by atoms with Crippen molar-refractivity contribution in [3.63, 3.8) is 0 Å². The van der Waals surface area contributed by atoms with E-state index in [0.717, 1.165) is 25.3 Å². The first-order valence-electron chi connectivity index (χ1n) is 8.99. The van der Waals surface area contributed by atoms with Gasteiger partial charge in [0, 0.05) is 24.2 Å². The van der Waals surface area contributed by atoms with Gasteiger partial charge in [0.15, 0.2) is 0 Å². The highest BCUT2D eigenvalue weighted by Crippen LogP contribution is 2.25. The van der Waals surface area contributed by atoms with Crippen LogP contribution < -0.4 is 15.4 Å². The molecule has 1 aliphatic heterocycles. The second kappa shape index (κ2) is 8.32. The molecule has 1 heterocycles. The van der Waals surface area contributed by atoms with E-state index in [1.165, 1.54) is 29.5 Å². The van der Waals surface area contributed by atoms with E-state index in [2.05, 4.69) is 66.1 Å². The van der Waals surface area contributed by atoms with Crippen molar-refractivity contribution in [3.8, 4) is 5.75 Å². The first-order chi connectivity index (χ1) is 11.8. The molecule has 0 spiro atoms. The summed E-state index contributed by atoms with van der Waals surface area (Å²) in [5.74, 6) is 0.972. The summed E-state index contributed by atoms with van der Waals surface area (Å²) in [6.45, 7) is 4.12. The fourth-order valence-corrected chi connectivity index (χ4v) is 3.55. The van der Waals surface area contributed by atoms with Gasteiger partial charge in [-0.2, -0.15) is 0 Å². The van der Waals surface area contributed by atoms with Gasteiger partial charge in [-0.1, -0.05) is 49.4 Å². The fourth-order valence-electron chi connectivity index (χ4n) is 3.55. The monoisotopic (exact) mass is 324 g/mol. The van der Waals surface area contributed by atoms with Crippen LogP contribution in [0, 0.1) is 0 Å². The quantitative estimate of drug-likeness (QED) is 0.847. The van der Waals surface area contributed by atoms with Gasteiger partial charge in [0.2, 0.25) is 0 Å². The standard InChI is InChI=1S/C21H28N2O/c1-3-16-11-12-20(24-2)18(14-16)15-23-19-10-7-13-22-21(19)17-8-5-4-6-9-17/h4-6,8-9,11-12,14,19,21-23H,3,7,10,13,15H2,1-2H3/t19-,21-/m0/s1. The molecule has 2 atom stereocenters. The maximum atomic E-state index is 5.54. The highest BCUT2D eigenvalue weighted by Gasteiger charge is 2.25. The Kier molecular flexibility index (Phi) is 5.89. The molecule has 2 aromatic carbocycles. The fraction of sp³-hybridized carbons (Fsp3) is 0.429. The van der Waals surface area contributed by atoms with E-state index in [1.807, 2.05) is 0 Å². The summed E-state index contributed by atoms with van der Waals surface area (Å²) in [7, 11) is 1.75. The summed E-state index contributed by atoms with van der Waals surface area (Å²) in [5, 5.41) is 7.45. The molecule has 2 aromatic rings. The first kappa shape index (κ1) is 17.0. The molecule has 128 valence electrons. The Morgan fingerprint density at radius 2 is 2.00 bits per heavy atom. The SMILES string of the molecule is CCc1ccc(OC)c(CN[C@H]2CCCN[C@H]2c2ccccc2)c1. The minimum atomic E-state index is 0.375. The number of aryl methyl sites for hydroxylation is 1. The zero-order valence-corrected chi connectivity index (χ0v) is 14.7. The van der Waals surface area contributed by atoms with Crippen molar-refractivity contribution in [3.05, 3.63) is 65.2 Å². The van der Waals surface area contributed by atoms with Crippen LogP contribution in [0.1, 0.15) is 42.5 Å². The number of ether oxygens (including phenoxy) is 1. The maximum Gasteiger partial charge on any atom is 0.123 e. The minimum absolute atomic E-state index is 0.375. The van der Waals surface area contributed by atoms with E-state index < -0.39 is 0 Å². The van der Waals surface area contributed by atoms with Crippen molar-refractivity contribution in [2.24, 2.45) is 0 Å². The van der Waals surface area contributed by atoms with Crippen molar-refractivity contribution in [2.45, 2.75) is 44.8 Å². The lowest BCUT2D eigenvalue weighted by Gasteiger charge is -2.34. The molecule has 3 heteroatoms. The molecule has 2 N–H and O–H groups in total. The number of hydrogen-bond acceptors (Lipinski definition) is 3. The molecule has 24 heavy (non-hydrogen) atoms. The summed E-state index contributed by atoms with van der Waals surface area (Å²) < 4.78 is 5.54. The normalized spacial score (nSPS) is 20.8. The van der Waals surface area contributed by atoms with Crippen LogP contribution in [0.4, 0.5) is 0 Å². The third-order valence-corrected chi connectivity index (χ3v) is 4.92. The summed E-state index contributed by atoms with van der Waals surface area (Å²) in [4.78, 5) is 0. The van der Waals surface area contributed by atoms with E-state index in [0.29, 0.717) is 12.1 Å². The highest BCUT2D eigenvalue weighted by molar-refractivity contribution is 5.37. The van der Waals surface area contributed by atoms with Crippen LogP contribution in [-0.2, 0) is 13.0 Å². The summed E-state index contributed by atoms with van der Waals surface area (Å²) in [6, 6.07) is 18.1. The van der Waals surface area contributed by atoms with Crippen molar-refractivity contribution >= 4 is 0 Å². The minimum Gasteiger partial charge on any atom is -0.496 e. The van der Waals surface area contributed by atoms with E-state index in [1.54, 1.807) is 7.11 Å². The number of nitrogens with one attached hydrogen (secondary N) is 2. The smallest absolute Gasteiger partial charge is 0.123 e. The molecule has 1 saturated heterocycles. The predicted molar refractivity (Wildman–Crippen MR) is 99.4 cm³/mol. The lowest BCUT2D eigenvalue weighted by atomic mass is 9.92. The molecule has 0 amide bonds. The second-order valence-electron chi connectivity index (χ2n) is 6.47. The molecular formula is C21H28N2O. The molecule has 0 bridgehead atoms. The molecule has 1 aliphatic rings. The Bertz CT molecular complexity index is 642. The van der Waals surface area contributed by atoms with Crippen LogP contribution in [0.5, 0.6) is 5.75 Å². The largest absolute Gasteiger partial charge is 0.496 e. The van der Waals surface area contributed by atoms with Gasteiger partial charge in [-0.3, -0.25) is 0 Å². The highest BCUT2D eigenvalue weighted by atomic mass is 16.5. The molecule has 0 saturated carbocycles. The molecule has 3 nitrogen and oxygen atoms in total. The average Bonchev–Trinajstić information content (AvgIpc) is 2.67. The summed E-state index contributed by atoms with van der Waals surface area (Å²) in [5.41, 5.74) is 3.96. The van der Waals surface area contributed by atoms with Gasteiger partial charge in [-0.25, -0.2) is 0 Å². The zero-order chi connectivity index (χ0) is 16.8. The Morgan fingerprint density at radius 3 is 2.75 bits per heavy atom. The van der Waals surface area contributed by atoms with Gasteiger partial charge in [0.1, 0.15) is 5.75 Å². The third-order valence-electron chi connectivity index (χ3n) is 4.92. The van der Waals surface area contributed by atoms with E-state index in [4.69, 9.17) is 4.74 Å². The van der Waals surface area contributed by atoms with Gasteiger partial charge >= 0.3 is 0 Å². The van der Waals surface area contributed by atoms with Crippen LogP contribution in [0.2, 0.25) is 0 Å². The van der Waals surface area contributed by atoms with E-state index in [9.17, 15) is 0 Å². The molecule has 0 radical (unpaired) electrons. The molecule has 3 rings (SSSR count). The molecule has 0 unspecified atom stereocenters. The topological polar surface area (TPSA) is 33.3 Å². The number of methoxy groups -OCH3 is 1. The van der Waals surface area contributed by atoms with Crippen molar-refractivity contribution < 1.29 is 4.74 Å². The van der Waals surface area contributed by atoms with E-state index in [-0.39, 0.29) is 0 Å². The number of piperidine rings is 1. The van der Waals surface area contributed by atoms with Crippen LogP contribution in [0.25, 0.3) is 0 Å². The predicted octanol–water partition coefficient (Wildman–Crippen LogP) is 3.84. The lowest BCUT2D eigenvalue weighted by molar-refractivity contribution is 0.303. The van der Waals surface area contributed by atoms with Crippen molar-refractivity contribution in [2.75, 3.05) is 13.7 Å². The molecule has 0 aromatic heterocycles. The zero-order valence-electron chi connectivity index (χ0n) is 14.7. The third kappa shape index (κ3) is 3.97. The Hall–Kier alpha value is -1.84.